The van der Waals surface area contributed by atoms with E-state index in [0.717, 1.165) is 45.0 Å². The summed E-state index contributed by atoms with van der Waals surface area (Å²) in [5.41, 5.74) is 0.324. The first-order chi connectivity index (χ1) is 8.19. The lowest BCUT2D eigenvalue weighted by molar-refractivity contribution is 0.160. The molecule has 1 spiro atoms. The zero-order valence-corrected chi connectivity index (χ0v) is 11.0. The molecule has 5 heteroatoms. The van der Waals surface area contributed by atoms with Crippen molar-refractivity contribution in [3.05, 3.63) is 22.3 Å². The molecule has 0 amide bonds. The molecule has 1 atom stereocenters. The van der Waals surface area contributed by atoms with Crippen LogP contribution in [-0.4, -0.2) is 31.3 Å². The molecule has 0 bridgehead atoms. The Morgan fingerprint density at radius 3 is 2.94 bits per heavy atom. The van der Waals surface area contributed by atoms with Crippen molar-refractivity contribution >= 4 is 29.0 Å². The third-order valence-corrected chi connectivity index (χ3v) is 4.20. The van der Waals surface area contributed by atoms with Crippen LogP contribution in [0.2, 0.25) is 10.0 Å². The molecular formula is C12H14Cl2N2O. The monoisotopic (exact) mass is 272 g/mol. The quantitative estimate of drug-likeness (QED) is 0.786. The summed E-state index contributed by atoms with van der Waals surface area (Å²) in [5.74, 6) is 0.847. The van der Waals surface area contributed by atoms with Crippen LogP contribution in [0, 0.1) is 5.41 Å². The largest absolute Gasteiger partial charge is 0.381 e. The number of nitrogens with zero attached hydrogens (tertiary/aromatic N) is 2. The first-order valence-electron chi connectivity index (χ1n) is 5.82. The van der Waals surface area contributed by atoms with Crippen molar-refractivity contribution in [1.29, 1.82) is 0 Å². The predicted octanol–water partition coefficient (Wildman–Crippen LogP) is 3.01. The van der Waals surface area contributed by atoms with Crippen LogP contribution in [0.4, 0.5) is 5.82 Å². The number of anilines is 1. The molecule has 3 rings (SSSR count). The molecule has 0 unspecified atom stereocenters. The van der Waals surface area contributed by atoms with E-state index in [0.29, 0.717) is 15.5 Å². The maximum atomic E-state index is 6.18. The maximum Gasteiger partial charge on any atom is 0.147 e. The fraction of sp³-hybridized carbons (Fsp3) is 0.583. The lowest BCUT2D eigenvalue weighted by atomic mass is 9.87. The third-order valence-electron chi connectivity index (χ3n) is 3.71. The number of hydrogen-bond donors (Lipinski definition) is 0. The number of rotatable bonds is 1. The summed E-state index contributed by atoms with van der Waals surface area (Å²) in [4.78, 5) is 6.58. The van der Waals surface area contributed by atoms with Crippen LogP contribution in [0.5, 0.6) is 0 Å². The van der Waals surface area contributed by atoms with E-state index >= 15 is 0 Å². The van der Waals surface area contributed by atoms with Crippen molar-refractivity contribution < 1.29 is 4.74 Å². The number of aromatic nitrogens is 1. The van der Waals surface area contributed by atoms with Crippen molar-refractivity contribution in [2.45, 2.75) is 12.8 Å². The van der Waals surface area contributed by atoms with E-state index < -0.39 is 0 Å². The average molecular weight is 273 g/mol. The minimum atomic E-state index is 0.324. The van der Waals surface area contributed by atoms with Gasteiger partial charge in [-0.25, -0.2) is 4.98 Å². The van der Waals surface area contributed by atoms with Gasteiger partial charge in [-0.1, -0.05) is 23.2 Å². The predicted molar refractivity (Wildman–Crippen MR) is 69.0 cm³/mol. The van der Waals surface area contributed by atoms with Gasteiger partial charge in [0.1, 0.15) is 5.82 Å². The first kappa shape index (κ1) is 11.6. The number of ether oxygens (including phenoxy) is 1. The van der Waals surface area contributed by atoms with Gasteiger partial charge in [0.15, 0.2) is 0 Å². The SMILES string of the molecule is Clc1cnc(N2CC[C@]3(CCOC3)C2)c(Cl)c1. The fourth-order valence-electron chi connectivity index (χ4n) is 2.73. The lowest BCUT2D eigenvalue weighted by Gasteiger charge is -2.23. The average Bonchev–Trinajstić information content (AvgIpc) is 2.90. The van der Waals surface area contributed by atoms with E-state index in [-0.39, 0.29) is 0 Å². The molecule has 1 aromatic rings. The maximum absolute atomic E-state index is 6.18. The van der Waals surface area contributed by atoms with Crippen LogP contribution in [0.15, 0.2) is 12.3 Å². The Balaban J connectivity index is 1.82. The van der Waals surface area contributed by atoms with E-state index in [1.54, 1.807) is 12.3 Å². The molecule has 0 aliphatic carbocycles. The topological polar surface area (TPSA) is 25.4 Å². The highest BCUT2D eigenvalue weighted by Crippen LogP contribution is 2.41. The molecule has 1 aromatic heterocycles. The molecular weight excluding hydrogens is 259 g/mol. The van der Waals surface area contributed by atoms with Crippen molar-refractivity contribution in [2.24, 2.45) is 5.41 Å². The third kappa shape index (κ3) is 2.12. The van der Waals surface area contributed by atoms with E-state index in [9.17, 15) is 0 Å². The van der Waals surface area contributed by atoms with E-state index in [4.69, 9.17) is 27.9 Å². The Morgan fingerprint density at radius 2 is 2.24 bits per heavy atom. The molecule has 2 saturated heterocycles. The number of hydrogen-bond acceptors (Lipinski definition) is 3. The normalized spacial score (nSPS) is 28.2. The molecule has 3 nitrogen and oxygen atoms in total. The molecule has 0 saturated carbocycles. The highest BCUT2D eigenvalue weighted by Gasteiger charge is 2.42. The minimum absolute atomic E-state index is 0.324. The molecule has 0 aromatic carbocycles. The Bertz CT molecular complexity index is 433. The summed E-state index contributed by atoms with van der Waals surface area (Å²) in [6, 6.07) is 1.75. The molecule has 2 aliphatic heterocycles. The van der Waals surface area contributed by atoms with Crippen LogP contribution in [-0.2, 0) is 4.74 Å². The number of pyridine rings is 1. The Hall–Kier alpha value is -0.510. The summed E-state index contributed by atoms with van der Waals surface area (Å²) >= 11 is 12.0. The van der Waals surface area contributed by atoms with Crippen LogP contribution in [0.25, 0.3) is 0 Å². The van der Waals surface area contributed by atoms with Gasteiger partial charge in [0.25, 0.3) is 0 Å². The second-order valence-corrected chi connectivity index (χ2v) is 5.78. The van der Waals surface area contributed by atoms with Gasteiger partial charge >= 0.3 is 0 Å². The smallest absolute Gasteiger partial charge is 0.147 e. The van der Waals surface area contributed by atoms with E-state index in [1.165, 1.54) is 0 Å². The lowest BCUT2D eigenvalue weighted by Crippen LogP contribution is -2.28. The molecule has 3 heterocycles. The molecule has 92 valence electrons. The number of halogens is 2. The van der Waals surface area contributed by atoms with Crippen molar-refractivity contribution in [3.8, 4) is 0 Å². The van der Waals surface area contributed by atoms with E-state index in [1.807, 2.05) is 0 Å². The standard InChI is InChI=1S/C12H14Cl2N2O/c13-9-5-10(14)11(15-6-9)16-3-1-12(7-16)2-4-17-8-12/h5-6H,1-4,7-8H2/t12-/m0/s1. The Morgan fingerprint density at radius 1 is 1.35 bits per heavy atom. The van der Waals surface area contributed by atoms with Crippen molar-refractivity contribution in [3.63, 3.8) is 0 Å². The van der Waals surface area contributed by atoms with Gasteiger partial charge in [-0.15, -0.1) is 0 Å². The summed E-state index contributed by atoms with van der Waals surface area (Å²) in [7, 11) is 0. The van der Waals surface area contributed by atoms with Gasteiger partial charge in [0.05, 0.1) is 16.7 Å². The highest BCUT2D eigenvalue weighted by atomic mass is 35.5. The van der Waals surface area contributed by atoms with Gasteiger partial charge in [0, 0.05) is 31.3 Å². The summed E-state index contributed by atoms with van der Waals surface area (Å²) < 4.78 is 5.51. The Kier molecular flexibility index (Phi) is 2.93. The second kappa shape index (κ2) is 4.30. The van der Waals surface area contributed by atoms with Gasteiger partial charge in [-0.2, -0.15) is 0 Å². The van der Waals surface area contributed by atoms with Crippen LogP contribution in [0.1, 0.15) is 12.8 Å². The van der Waals surface area contributed by atoms with Crippen LogP contribution < -0.4 is 4.90 Å². The van der Waals surface area contributed by atoms with Crippen molar-refractivity contribution in [1.82, 2.24) is 4.98 Å². The van der Waals surface area contributed by atoms with Gasteiger partial charge in [-0.3, -0.25) is 0 Å². The van der Waals surface area contributed by atoms with E-state index in [2.05, 4.69) is 9.88 Å². The van der Waals surface area contributed by atoms with Crippen molar-refractivity contribution in [2.75, 3.05) is 31.2 Å². The summed E-state index contributed by atoms with van der Waals surface area (Å²) in [6.45, 7) is 3.74. The molecule has 0 radical (unpaired) electrons. The van der Waals surface area contributed by atoms with Crippen LogP contribution >= 0.6 is 23.2 Å². The van der Waals surface area contributed by atoms with Gasteiger partial charge < -0.3 is 9.64 Å². The summed E-state index contributed by atoms with van der Waals surface area (Å²) in [6.07, 6.45) is 3.96. The Labute approximate surface area is 111 Å². The van der Waals surface area contributed by atoms with Gasteiger partial charge in [0.2, 0.25) is 0 Å². The second-order valence-electron chi connectivity index (χ2n) is 4.93. The molecule has 2 aliphatic rings. The highest BCUT2D eigenvalue weighted by molar-refractivity contribution is 6.36. The summed E-state index contributed by atoms with van der Waals surface area (Å²) in [5, 5.41) is 1.21. The fourth-order valence-corrected chi connectivity index (χ4v) is 3.23. The molecule has 0 N–H and O–H groups in total. The van der Waals surface area contributed by atoms with Crippen LogP contribution in [0.3, 0.4) is 0 Å². The molecule has 17 heavy (non-hydrogen) atoms. The van der Waals surface area contributed by atoms with Gasteiger partial charge in [-0.05, 0) is 18.9 Å². The molecule has 2 fully saturated rings. The minimum Gasteiger partial charge on any atom is -0.381 e. The first-order valence-corrected chi connectivity index (χ1v) is 6.58. The zero-order valence-electron chi connectivity index (χ0n) is 9.46. The zero-order chi connectivity index (χ0) is 11.9.